The monoisotopic (exact) mass is 662 g/mol. The van der Waals surface area contributed by atoms with Gasteiger partial charge in [-0.25, -0.2) is 4.39 Å². The van der Waals surface area contributed by atoms with Crippen LogP contribution in [0, 0.1) is 6.92 Å². The first-order valence-electron chi connectivity index (χ1n) is 17.0. The zero-order valence-corrected chi connectivity index (χ0v) is 28.6. The van der Waals surface area contributed by atoms with Crippen molar-refractivity contribution in [3.8, 4) is 6.01 Å². The zero-order valence-electron chi connectivity index (χ0n) is 27.9. The number of nitrogens with zero attached hydrogens (tertiary/aromatic N) is 8. The van der Waals surface area contributed by atoms with Crippen LogP contribution in [-0.4, -0.2) is 99.5 Å². The molecule has 1 amide bonds. The van der Waals surface area contributed by atoms with Crippen LogP contribution in [0.25, 0.3) is 0 Å². The van der Waals surface area contributed by atoms with Crippen LogP contribution in [0.3, 0.4) is 0 Å². The molecule has 2 saturated heterocycles. The van der Waals surface area contributed by atoms with Crippen molar-refractivity contribution in [1.29, 1.82) is 0 Å². The minimum atomic E-state index is -0.823. The van der Waals surface area contributed by atoms with Gasteiger partial charge in [-0.05, 0) is 69.3 Å². The van der Waals surface area contributed by atoms with Crippen molar-refractivity contribution in [2.24, 2.45) is 0 Å². The maximum atomic E-state index is 14.6. The van der Waals surface area contributed by atoms with E-state index in [1.807, 2.05) is 4.68 Å². The number of anilines is 1. The first-order valence-corrected chi connectivity index (χ1v) is 17.4. The van der Waals surface area contributed by atoms with Crippen molar-refractivity contribution >= 4 is 23.3 Å². The van der Waals surface area contributed by atoms with Crippen molar-refractivity contribution in [3.05, 3.63) is 62.6 Å². The number of aryl methyl sites for hydroxylation is 2. The van der Waals surface area contributed by atoms with Crippen molar-refractivity contribution in [2.75, 3.05) is 52.3 Å². The lowest BCUT2D eigenvalue weighted by Gasteiger charge is -2.45. The summed E-state index contributed by atoms with van der Waals surface area (Å²) in [7, 11) is 5.64. The van der Waals surface area contributed by atoms with Gasteiger partial charge in [0.25, 0.3) is 5.91 Å². The van der Waals surface area contributed by atoms with E-state index in [0.717, 1.165) is 74.4 Å². The van der Waals surface area contributed by atoms with E-state index in [1.54, 1.807) is 14.1 Å². The summed E-state index contributed by atoms with van der Waals surface area (Å²) in [5.74, 6) is 0.634. The highest BCUT2D eigenvalue weighted by molar-refractivity contribution is 6.34. The number of alkyl halides is 1. The fourth-order valence-corrected chi connectivity index (χ4v) is 9.38. The predicted molar refractivity (Wildman–Crippen MR) is 178 cm³/mol. The Balaban J connectivity index is 1.19. The number of hydrogen-bond donors (Lipinski definition) is 0. The number of benzene rings is 1. The second-order valence-electron chi connectivity index (χ2n) is 14.6. The highest BCUT2D eigenvalue weighted by atomic mass is 35.5. The third kappa shape index (κ3) is 4.94. The molecule has 47 heavy (non-hydrogen) atoms. The number of likely N-dealkylation sites (N-methyl/N-ethyl adjacent to an activating group) is 1. The molecule has 2 aromatic heterocycles. The average molecular weight is 663 g/mol. The quantitative estimate of drug-likeness (QED) is 0.394. The lowest BCUT2D eigenvalue weighted by Crippen LogP contribution is -2.48. The van der Waals surface area contributed by atoms with E-state index in [9.17, 15) is 9.18 Å². The molecule has 1 aromatic carbocycles. The van der Waals surface area contributed by atoms with Crippen LogP contribution >= 0.6 is 11.6 Å². The molecule has 1 aliphatic carbocycles. The Morgan fingerprint density at radius 1 is 1.13 bits per heavy atom. The minimum Gasteiger partial charge on any atom is -0.461 e. The Morgan fingerprint density at radius 2 is 1.98 bits per heavy atom. The van der Waals surface area contributed by atoms with E-state index in [1.165, 1.54) is 21.6 Å². The van der Waals surface area contributed by atoms with Gasteiger partial charge in [0.1, 0.15) is 18.6 Å². The second kappa shape index (κ2) is 11.4. The molecule has 2 fully saturated rings. The number of carbonyl (C=O) groups excluding carboxylic acids is 1. The van der Waals surface area contributed by atoms with E-state index >= 15 is 0 Å². The molecule has 0 radical (unpaired) electrons. The van der Waals surface area contributed by atoms with Crippen LogP contribution < -0.4 is 9.64 Å². The van der Waals surface area contributed by atoms with Gasteiger partial charge < -0.3 is 14.5 Å². The van der Waals surface area contributed by atoms with E-state index in [0.29, 0.717) is 50.2 Å². The molecular formula is C35H44ClFN8O2. The first kappa shape index (κ1) is 31.0. The van der Waals surface area contributed by atoms with Gasteiger partial charge in [-0.3, -0.25) is 19.3 Å². The molecule has 250 valence electrons. The summed E-state index contributed by atoms with van der Waals surface area (Å²) in [6.45, 7) is 6.56. The Kier molecular flexibility index (Phi) is 7.53. The van der Waals surface area contributed by atoms with Gasteiger partial charge in [0.15, 0.2) is 5.69 Å². The lowest BCUT2D eigenvalue weighted by molar-refractivity contribution is 0.0821. The highest BCUT2D eigenvalue weighted by Crippen LogP contribution is 2.49. The fraction of sp³-hybridized carbons (Fsp3) is 0.600. The van der Waals surface area contributed by atoms with Crippen molar-refractivity contribution in [2.45, 2.75) is 88.8 Å². The number of aromatic nitrogens is 4. The molecule has 3 atom stereocenters. The van der Waals surface area contributed by atoms with Crippen LogP contribution in [0.1, 0.15) is 76.2 Å². The number of amides is 1. The second-order valence-corrected chi connectivity index (χ2v) is 15.0. The summed E-state index contributed by atoms with van der Waals surface area (Å²) in [5.41, 5.74) is 6.97. The summed E-state index contributed by atoms with van der Waals surface area (Å²) in [6, 6.07) is 7.04. The molecule has 8 rings (SSSR count). The molecule has 4 aliphatic heterocycles. The first-order chi connectivity index (χ1) is 22.6. The van der Waals surface area contributed by atoms with Crippen LogP contribution in [0.2, 0.25) is 5.02 Å². The van der Waals surface area contributed by atoms with Crippen LogP contribution in [-0.2, 0) is 38.0 Å². The van der Waals surface area contributed by atoms with Crippen LogP contribution in [0.15, 0.2) is 18.2 Å². The number of fused-ring (bicyclic) bond motifs is 5. The molecule has 0 saturated carbocycles. The number of rotatable bonds is 5. The fourth-order valence-electron chi connectivity index (χ4n) is 9.11. The normalized spacial score (nSPS) is 27.0. The molecule has 0 N–H and O–H groups in total. The molecule has 1 spiro atoms. The summed E-state index contributed by atoms with van der Waals surface area (Å²) in [6.07, 6.45) is 5.33. The van der Waals surface area contributed by atoms with Crippen LogP contribution in [0.5, 0.6) is 6.01 Å². The van der Waals surface area contributed by atoms with Crippen molar-refractivity contribution in [1.82, 2.24) is 34.4 Å². The maximum absolute atomic E-state index is 14.6. The Hall–Kier alpha value is -3.28. The van der Waals surface area contributed by atoms with Crippen molar-refractivity contribution < 1.29 is 13.9 Å². The number of halogens is 2. The van der Waals surface area contributed by atoms with E-state index < -0.39 is 6.17 Å². The van der Waals surface area contributed by atoms with Gasteiger partial charge in [-0.2, -0.15) is 15.1 Å². The zero-order chi connectivity index (χ0) is 32.7. The molecule has 6 heterocycles. The summed E-state index contributed by atoms with van der Waals surface area (Å²) in [5, 5.41) is 5.02. The third-order valence-corrected chi connectivity index (χ3v) is 12.0. The van der Waals surface area contributed by atoms with Gasteiger partial charge in [0.2, 0.25) is 0 Å². The minimum absolute atomic E-state index is 0.146. The number of carbonyl (C=O) groups is 1. The smallest absolute Gasteiger partial charge is 0.318 e. The molecular weight excluding hydrogens is 619 g/mol. The average Bonchev–Trinajstić information content (AvgIpc) is 3.73. The topological polar surface area (TPSA) is 82.9 Å². The number of ether oxygens (including phenoxy) is 1. The molecule has 10 nitrogen and oxygen atoms in total. The largest absolute Gasteiger partial charge is 0.461 e. The van der Waals surface area contributed by atoms with Gasteiger partial charge in [0.05, 0.1) is 34.0 Å². The Morgan fingerprint density at radius 3 is 2.81 bits per heavy atom. The van der Waals surface area contributed by atoms with Gasteiger partial charge >= 0.3 is 6.01 Å². The molecule has 0 unspecified atom stereocenters. The third-order valence-electron chi connectivity index (χ3n) is 11.6. The molecule has 0 bridgehead atoms. The summed E-state index contributed by atoms with van der Waals surface area (Å²) in [4.78, 5) is 31.7. The molecule has 5 aliphatic rings. The van der Waals surface area contributed by atoms with E-state index in [2.05, 4.69) is 52.0 Å². The van der Waals surface area contributed by atoms with Gasteiger partial charge in [-0.1, -0.05) is 29.8 Å². The lowest BCUT2D eigenvalue weighted by atomic mass is 9.80. The summed E-state index contributed by atoms with van der Waals surface area (Å²) >= 11 is 6.87. The highest BCUT2D eigenvalue weighted by Gasteiger charge is 2.50. The number of hydrogen-bond acceptors (Lipinski definition) is 8. The van der Waals surface area contributed by atoms with Crippen LogP contribution in [0.4, 0.5) is 10.2 Å². The van der Waals surface area contributed by atoms with Crippen molar-refractivity contribution in [3.63, 3.8) is 0 Å². The maximum Gasteiger partial charge on any atom is 0.318 e. The summed E-state index contributed by atoms with van der Waals surface area (Å²) < 4.78 is 23.0. The van der Waals surface area contributed by atoms with E-state index in [-0.39, 0.29) is 22.7 Å². The molecule has 12 heteroatoms. The standard InChI is InChI=1S/C35H44ClFN8O2/c1-22-8-5-9-26-24(22)10-12-35(26)17-27-25(19-42(35)4)31(39-33(38-27)47-21-34-11-6-14-44(34)18-23(37)16-34)43-13-7-15-45-28(20-43)29(36)30(40-45)32(46)41(2)3/h5,8-9,23H,6-7,10-21H2,1-4H3/t23-,34+,35+/m1/s1. The Labute approximate surface area is 280 Å². The van der Waals surface area contributed by atoms with Gasteiger partial charge in [-0.15, -0.1) is 0 Å². The molecule has 3 aromatic rings. The van der Waals surface area contributed by atoms with Gasteiger partial charge in [0, 0.05) is 58.7 Å². The Bertz CT molecular complexity index is 1750. The van der Waals surface area contributed by atoms with E-state index in [4.69, 9.17) is 26.3 Å². The SMILES string of the molecule is Cc1cccc2c1CC[C@]21Cc2nc(OC[C@@]34CCCN3C[C@H](F)C4)nc(N3CCCn4nc(C(=O)N(C)C)c(Cl)c4C3)c2CN1C. The predicted octanol–water partition coefficient (Wildman–Crippen LogP) is 4.53.